The highest BCUT2D eigenvalue weighted by Gasteiger charge is 2.15. The number of hydrogen-bond donors (Lipinski definition) is 2. The van der Waals surface area contributed by atoms with Gasteiger partial charge in [0.15, 0.2) is 0 Å². The van der Waals surface area contributed by atoms with Gasteiger partial charge in [-0.2, -0.15) is 0 Å². The van der Waals surface area contributed by atoms with Crippen molar-refractivity contribution < 1.29 is 9.90 Å². The van der Waals surface area contributed by atoms with Gasteiger partial charge in [0.25, 0.3) is 0 Å². The first-order valence-corrected chi connectivity index (χ1v) is 5.35. The average molecular weight is 264 g/mol. The van der Waals surface area contributed by atoms with E-state index in [1.165, 1.54) is 0 Å². The number of carboxylic acid groups (broad SMARTS) is 1. The predicted molar refractivity (Wildman–Crippen MR) is 56.1 cm³/mol. The van der Waals surface area contributed by atoms with Gasteiger partial charge in [-0.1, -0.05) is 0 Å². The summed E-state index contributed by atoms with van der Waals surface area (Å²) in [5.41, 5.74) is 5.41. The highest BCUT2D eigenvalue weighted by atomic mass is 79.9. The molecule has 5 heteroatoms. The summed E-state index contributed by atoms with van der Waals surface area (Å²) in [7, 11) is 0. The molecule has 0 aliphatic heterocycles. The van der Waals surface area contributed by atoms with Crippen LogP contribution in [0.1, 0.15) is 9.75 Å². The summed E-state index contributed by atoms with van der Waals surface area (Å²) in [6, 6.07) is 1.16. The first kappa shape index (κ1) is 10.7. The summed E-state index contributed by atoms with van der Waals surface area (Å²) >= 11 is 4.93. The Kier molecular flexibility index (Phi) is 3.47. The van der Waals surface area contributed by atoms with E-state index in [0.717, 1.165) is 14.2 Å². The minimum atomic E-state index is -0.960. The maximum Gasteiger partial charge on any atom is 0.320 e. The lowest BCUT2D eigenvalue weighted by molar-refractivity contribution is -0.138. The third-order valence-corrected chi connectivity index (χ3v) is 3.65. The van der Waals surface area contributed by atoms with Gasteiger partial charge in [-0.15, -0.1) is 11.3 Å². The van der Waals surface area contributed by atoms with E-state index in [1.54, 1.807) is 11.3 Å². The van der Waals surface area contributed by atoms with E-state index in [9.17, 15) is 4.79 Å². The van der Waals surface area contributed by atoms with Crippen LogP contribution in [-0.2, 0) is 11.2 Å². The number of nitrogens with two attached hydrogens (primary N) is 1. The zero-order chi connectivity index (χ0) is 10.0. The van der Waals surface area contributed by atoms with Gasteiger partial charge in [-0.25, -0.2) is 0 Å². The Morgan fingerprint density at radius 3 is 2.85 bits per heavy atom. The molecule has 0 spiro atoms. The first-order chi connectivity index (χ1) is 6.00. The monoisotopic (exact) mass is 263 g/mol. The van der Waals surface area contributed by atoms with Crippen LogP contribution in [0.4, 0.5) is 0 Å². The highest BCUT2D eigenvalue weighted by Crippen LogP contribution is 2.27. The number of carboxylic acids is 1. The molecule has 0 fully saturated rings. The van der Waals surface area contributed by atoms with Crippen LogP contribution in [0, 0.1) is 6.92 Å². The van der Waals surface area contributed by atoms with E-state index in [1.807, 2.05) is 13.0 Å². The molecule has 1 rings (SSSR count). The number of rotatable bonds is 3. The van der Waals surface area contributed by atoms with Crippen LogP contribution in [0.5, 0.6) is 0 Å². The molecule has 1 aromatic rings. The molecule has 0 amide bonds. The molecule has 0 aliphatic rings. The van der Waals surface area contributed by atoms with Gasteiger partial charge in [0.2, 0.25) is 0 Å². The fourth-order valence-electron chi connectivity index (χ4n) is 0.958. The zero-order valence-corrected chi connectivity index (χ0v) is 9.48. The molecule has 1 atom stereocenters. The lowest BCUT2D eigenvalue weighted by Crippen LogP contribution is -2.31. The third-order valence-electron chi connectivity index (χ3n) is 1.60. The maximum absolute atomic E-state index is 10.5. The molecule has 0 bridgehead atoms. The van der Waals surface area contributed by atoms with Crippen LogP contribution in [0.3, 0.4) is 0 Å². The molecular weight excluding hydrogens is 254 g/mol. The quantitative estimate of drug-likeness (QED) is 0.874. The number of carbonyl (C=O) groups is 1. The molecule has 0 saturated heterocycles. The van der Waals surface area contributed by atoms with Crippen LogP contribution in [-0.4, -0.2) is 17.1 Å². The molecule has 13 heavy (non-hydrogen) atoms. The maximum atomic E-state index is 10.5. The SMILES string of the molecule is Cc1cc(Br)c(CC(N)C(=O)O)s1. The molecule has 1 heterocycles. The molecule has 3 nitrogen and oxygen atoms in total. The fourth-order valence-corrected chi connectivity index (χ4v) is 2.84. The normalized spacial score (nSPS) is 12.8. The standard InChI is InChI=1S/C8H10BrNO2S/c1-4-2-5(9)7(13-4)3-6(10)8(11)12/h2,6H,3,10H2,1H3,(H,11,12). The molecule has 0 aliphatic carbocycles. The van der Waals surface area contributed by atoms with Gasteiger partial charge < -0.3 is 10.8 Å². The van der Waals surface area contributed by atoms with Crippen molar-refractivity contribution in [3.8, 4) is 0 Å². The van der Waals surface area contributed by atoms with Crippen molar-refractivity contribution in [2.75, 3.05) is 0 Å². The summed E-state index contributed by atoms with van der Waals surface area (Å²) in [5, 5.41) is 8.61. The third kappa shape index (κ3) is 2.79. The summed E-state index contributed by atoms with van der Waals surface area (Å²) in [6.45, 7) is 1.98. The van der Waals surface area contributed by atoms with Crippen LogP contribution in [0.25, 0.3) is 0 Å². The second-order valence-electron chi connectivity index (χ2n) is 2.78. The molecule has 0 aromatic carbocycles. The number of aliphatic carboxylic acids is 1. The van der Waals surface area contributed by atoms with Gasteiger partial charge >= 0.3 is 5.97 Å². The van der Waals surface area contributed by atoms with E-state index in [4.69, 9.17) is 10.8 Å². The lowest BCUT2D eigenvalue weighted by atomic mass is 10.2. The molecular formula is C8H10BrNO2S. The summed E-state index contributed by atoms with van der Waals surface area (Å²) in [5.74, 6) is -0.960. The van der Waals surface area contributed by atoms with Gasteiger partial charge in [-0.3, -0.25) is 4.79 Å². The Morgan fingerprint density at radius 1 is 1.85 bits per heavy atom. The van der Waals surface area contributed by atoms with Crippen molar-refractivity contribution in [3.63, 3.8) is 0 Å². The van der Waals surface area contributed by atoms with Gasteiger partial charge in [0, 0.05) is 20.6 Å². The van der Waals surface area contributed by atoms with Crippen molar-refractivity contribution in [2.45, 2.75) is 19.4 Å². The first-order valence-electron chi connectivity index (χ1n) is 3.74. The highest BCUT2D eigenvalue weighted by molar-refractivity contribution is 9.10. The Morgan fingerprint density at radius 2 is 2.46 bits per heavy atom. The number of halogens is 1. The van der Waals surface area contributed by atoms with Crippen LogP contribution >= 0.6 is 27.3 Å². The van der Waals surface area contributed by atoms with Crippen LogP contribution in [0.15, 0.2) is 10.5 Å². The Bertz CT molecular complexity index is 324. The second-order valence-corrected chi connectivity index (χ2v) is 4.97. The lowest BCUT2D eigenvalue weighted by Gasteiger charge is -2.03. The largest absolute Gasteiger partial charge is 0.480 e. The van der Waals surface area contributed by atoms with E-state index in [2.05, 4.69) is 15.9 Å². The summed E-state index contributed by atoms with van der Waals surface area (Å²) in [6.07, 6.45) is 0.383. The zero-order valence-electron chi connectivity index (χ0n) is 7.08. The molecule has 0 radical (unpaired) electrons. The second kappa shape index (κ2) is 4.21. The summed E-state index contributed by atoms with van der Waals surface area (Å²) < 4.78 is 0.951. The van der Waals surface area contributed by atoms with Crippen molar-refractivity contribution in [1.29, 1.82) is 0 Å². The van der Waals surface area contributed by atoms with Crippen molar-refractivity contribution in [3.05, 3.63) is 20.3 Å². The molecule has 72 valence electrons. The van der Waals surface area contributed by atoms with E-state index >= 15 is 0 Å². The fraction of sp³-hybridized carbons (Fsp3) is 0.375. The number of hydrogen-bond acceptors (Lipinski definition) is 3. The Labute approximate surface area is 88.7 Å². The van der Waals surface area contributed by atoms with E-state index in [0.29, 0.717) is 6.42 Å². The smallest absolute Gasteiger partial charge is 0.320 e. The molecule has 3 N–H and O–H groups in total. The molecule has 1 unspecified atom stereocenters. The minimum Gasteiger partial charge on any atom is -0.480 e. The average Bonchev–Trinajstić information content (AvgIpc) is 2.30. The van der Waals surface area contributed by atoms with Crippen LogP contribution in [0.2, 0.25) is 0 Å². The van der Waals surface area contributed by atoms with Gasteiger partial charge in [0.1, 0.15) is 6.04 Å². The Balaban J connectivity index is 2.74. The molecule has 1 aromatic heterocycles. The topological polar surface area (TPSA) is 63.3 Å². The Hall–Kier alpha value is -0.390. The minimum absolute atomic E-state index is 0.383. The van der Waals surface area contributed by atoms with E-state index < -0.39 is 12.0 Å². The molecule has 0 saturated carbocycles. The van der Waals surface area contributed by atoms with Crippen molar-refractivity contribution >= 4 is 33.2 Å². The van der Waals surface area contributed by atoms with Crippen molar-refractivity contribution in [2.24, 2.45) is 5.73 Å². The van der Waals surface area contributed by atoms with Gasteiger partial charge in [-0.05, 0) is 28.9 Å². The number of thiophene rings is 1. The van der Waals surface area contributed by atoms with Gasteiger partial charge in [0.05, 0.1) is 0 Å². The van der Waals surface area contributed by atoms with Crippen LogP contribution < -0.4 is 5.73 Å². The van der Waals surface area contributed by atoms with Crippen molar-refractivity contribution in [1.82, 2.24) is 0 Å². The predicted octanol–water partition coefficient (Wildman–Crippen LogP) is 1.77. The van der Waals surface area contributed by atoms with E-state index in [-0.39, 0.29) is 0 Å². The number of aryl methyl sites for hydroxylation is 1. The summed E-state index contributed by atoms with van der Waals surface area (Å²) in [4.78, 5) is 12.6.